The van der Waals surface area contributed by atoms with E-state index in [-0.39, 0.29) is 11.8 Å². The van der Waals surface area contributed by atoms with Crippen molar-refractivity contribution in [3.05, 3.63) is 35.9 Å². The third-order valence-corrected chi connectivity index (χ3v) is 2.75. The van der Waals surface area contributed by atoms with E-state index in [0.717, 1.165) is 19.4 Å². The molecule has 0 spiro atoms. The fourth-order valence-corrected chi connectivity index (χ4v) is 1.64. The molecule has 19 heavy (non-hydrogen) atoms. The molecule has 2 N–H and O–H groups in total. The summed E-state index contributed by atoms with van der Waals surface area (Å²) in [6.45, 7) is 3.35. The molecular formula is C15H22N2O2. The first-order valence-corrected chi connectivity index (χ1v) is 6.84. The Balaban J connectivity index is 2.11. The molecule has 2 amide bonds. The number of unbranched alkanes of at least 4 members (excludes halogenated alkanes) is 1. The first-order valence-electron chi connectivity index (χ1n) is 6.84. The number of nitrogens with one attached hydrogen (secondary N) is 2. The summed E-state index contributed by atoms with van der Waals surface area (Å²) in [5.41, 5.74) is 0.648. The molecule has 0 aromatic heterocycles. The predicted molar refractivity (Wildman–Crippen MR) is 75.9 cm³/mol. The second kappa shape index (κ2) is 9.14. The van der Waals surface area contributed by atoms with Gasteiger partial charge < -0.3 is 10.6 Å². The lowest BCUT2D eigenvalue weighted by Crippen LogP contribution is -2.27. The topological polar surface area (TPSA) is 58.2 Å². The van der Waals surface area contributed by atoms with Crippen LogP contribution in [0.2, 0.25) is 0 Å². The first-order chi connectivity index (χ1) is 9.24. The minimum Gasteiger partial charge on any atom is -0.356 e. The summed E-state index contributed by atoms with van der Waals surface area (Å²) in [6, 6.07) is 9.07. The molecule has 0 unspecified atom stereocenters. The summed E-state index contributed by atoms with van der Waals surface area (Å²) < 4.78 is 0. The summed E-state index contributed by atoms with van der Waals surface area (Å²) in [6.07, 6.45) is 3.21. The molecule has 0 saturated carbocycles. The minimum atomic E-state index is -0.0907. The predicted octanol–water partition coefficient (Wildman–Crippen LogP) is 2.11. The number of hydrogen-bond acceptors (Lipinski definition) is 2. The van der Waals surface area contributed by atoms with Crippen molar-refractivity contribution in [2.24, 2.45) is 0 Å². The van der Waals surface area contributed by atoms with Gasteiger partial charge in [-0.3, -0.25) is 9.59 Å². The summed E-state index contributed by atoms with van der Waals surface area (Å²) in [5, 5.41) is 5.65. The second-order valence-corrected chi connectivity index (χ2v) is 4.43. The fourth-order valence-electron chi connectivity index (χ4n) is 1.64. The van der Waals surface area contributed by atoms with Crippen molar-refractivity contribution in [3.63, 3.8) is 0 Å². The zero-order valence-electron chi connectivity index (χ0n) is 11.4. The SMILES string of the molecule is CCCCNC(=O)CCCNC(=O)c1ccccc1. The Kier molecular flexibility index (Phi) is 7.32. The number of benzene rings is 1. The highest BCUT2D eigenvalue weighted by atomic mass is 16.2. The van der Waals surface area contributed by atoms with E-state index in [1.165, 1.54) is 0 Å². The van der Waals surface area contributed by atoms with Gasteiger partial charge in [-0.05, 0) is 25.0 Å². The minimum absolute atomic E-state index is 0.0578. The van der Waals surface area contributed by atoms with Crippen LogP contribution in [0.15, 0.2) is 30.3 Å². The molecule has 0 bridgehead atoms. The number of carbonyl (C=O) groups is 2. The van der Waals surface area contributed by atoms with Crippen LogP contribution in [0.25, 0.3) is 0 Å². The molecule has 4 heteroatoms. The van der Waals surface area contributed by atoms with E-state index in [1.807, 2.05) is 18.2 Å². The third-order valence-electron chi connectivity index (χ3n) is 2.75. The lowest BCUT2D eigenvalue weighted by Gasteiger charge is -2.06. The fraction of sp³-hybridized carbons (Fsp3) is 0.467. The number of hydrogen-bond donors (Lipinski definition) is 2. The summed E-state index contributed by atoms with van der Waals surface area (Å²) in [4.78, 5) is 23.1. The lowest BCUT2D eigenvalue weighted by atomic mass is 10.2. The van der Waals surface area contributed by atoms with Crippen LogP contribution < -0.4 is 10.6 Å². The molecule has 0 aliphatic carbocycles. The van der Waals surface area contributed by atoms with Gasteiger partial charge in [0, 0.05) is 25.1 Å². The summed E-state index contributed by atoms with van der Waals surface area (Å²) in [5.74, 6) is -0.0330. The first kappa shape index (κ1) is 15.2. The maximum absolute atomic E-state index is 11.7. The summed E-state index contributed by atoms with van der Waals surface area (Å²) >= 11 is 0. The molecule has 1 rings (SSSR count). The standard InChI is InChI=1S/C15H22N2O2/c1-2-3-11-16-14(18)10-7-12-17-15(19)13-8-5-4-6-9-13/h4-6,8-9H,2-3,7,10-12H2,1H3,(H,16,18)(H,17,19). The number of amides is 2. The van der Waals surface area contributed by atoms with E-state index in [2.05, 4.69) is 17.6 Å². The highest BCUT2D eigenvalue weighted by Crippen LogP contribution is 1.98. The molecule has 0 saturated heterocycles. The van der Waals surface area contributed by atoms with Crippen molar-refractivity contribution in [2.45, 2.75) is 32.6 Å². The molecular weight excluding hydrogens is 240 g/mol. The summed E-state index contributed by atoms with van der Waals surface area (Å²) in [7, 11) is 0. The van der Waals surface area contributed by atoms with E-state index in [4.69, 9.17) is 0 Å². The van der Waals surface area contributed by atoms with Crippen LogP contribution >= 0.6 is 0 Å². The van der Waals surface area contributed by atoms with Crippen LogP contribution in [0.4, 0.5) is 0 Å². The van der Waals surface area contributed by atoms with Gasteiger partial charge in [-0.1, -0.05) is 31.5 Å². The van der Waals surface area contributed by atoms with Crippen molar-refractivity contribution in [1.29, 1.82) is 0 Å². The largest absolute Gasteiger partial charge is 0.356 e. The highest BCUT2D eigenvalue weighted by Gasteiger charge is 2.04. The molecule has 0 radical (unpaired) electrons. The monoisotopic (exact) mass is 262 g/mol. The van der Waals surface area contributed by atoms with Gasteiger partial charge in [-0.2, -0.15) is 0 Å². The Morgan fingerprint density at radius 1 is 1.00 bits per heavy atom. The molecule has 0 aliphatic heterocycles. The molecule has 0 atom stereocenters. The second-order valence-electron chi connectivity index (χ2n) is 4.43. The Morgan fingerprint density at radius 2 is 1.68 bits per heavy atom. The van der Waals surface area contributed by atoms with Gasteiger partial charge in [-0.15, -0.1) is 0 Å². The van der Waals surface area contributed by atoms with Crippen molar-refractivity contribution < 1.29 is 9.59 Å². The Morgan fingerprint density at radius 3 is 2.37 bits per heavy atom. The Bertz CT molecular complexity index is 390. The Labute approximate surface area is 114 Å². The smallest absolute Gasteiger partial charge is 0.251 e. The van der Waals surface area contributed by atoms with Gasteiger partial charge in [0.15, 0.2) is 0 Å². The van der Waals surface area contributed by atoms with Gasteiger partial charge in [0.25, 0.3) is 5.91 Å². The number of rotatable bonds is 8. The van der Waals surface area contributed by atoms with E-state index in [0.29, 0.717) is 24.9 Å². The molecule has 0 heterocycles. The zero-order valence-corrected chi connectivity index (χ0v) is 11.4. The van der Waals surface area contributed by atoms with Gasteiger partial charge in [0.1, 0.15) is 0 Å². The molecule has 0 aliphatic rings. The molecule has 104 valence electrons. The van der Waals surface area contributed by atoms with Crippen molar-refractivity contribution >= 4 is 11.8 Å². The van der Waals surface area contributed by atoms with Crippen LogP contribution in [0.5, 0.6) is 0 Å². The Hall–Kier alpha value is -1.84. The normalized spacial score (nSPS) is 9.95. The molecule has 4 nitrogen and oxygen atoms in total. The van der Waals surface area contributed by atoms with Gasteiger partial charge >= 0.3 is 0 Å². The quantitative estimate of drug-likeness (QED) is 0.705. The maximum Gasteiger partial charge on any atom is 0.251 e. The van der Waals surface area contributed by atoms with Crippen molar-refractivity contribution in [3.8, 4) is 0 Å². The zero-order chi connectivity index (χ0) is 13.9. The average molecular weight is 262 g/mol. The van der Waals surface area contributed by atoms with Crippen molar-refractivity contribution in [2.75, 3.05) is 13.1 Å². The molecule has 1 aromatic carbocycles. The van der Waals surface area contributed by atoms with E-state index in [9.17, 15) is 9.59 Å². The molecule has 0 fully saturated rings. The van der Waals surface area contributed by atoms with Crippen molar-refractivity contribution in [1.82, 2.24) is 10.6 Å². The van der Waals surface area contributed by atoms with E-state index in [1.54, 1.807) is 12.1 Å². The molecule has 1 aromatic rings. The van der Waals surface area contributed by atoms with Crippen LogP contribution in [0, 0.1) is 0 Å². The lowest BCUT2D eigenvalue weighted by molar-refractivity contribution is -0.121. The van der Waals surface area contributed by atoms with Crippen LogP contribution in [-0.4, -0.2) is 24.9 Å². The van der Waals surface area contributed by atoms with Gasteiger partial charge in [0.2, 0.25) is 5.91 Å². The maximum atomic E-state index is 11.7. The van der Waals surface area contributed by atoms with Gasteiger partial charge in [-0.25, -0.2) is 0 Å². The average Bonchev–Trinajstić information content (AvgIpc) is 2.44. The van der Waals surface area contributed by atoms with Gasteiger partial charge in [0.05, 0.1) is 0 Å². The van der Waals surface area contributed by atoms with E-state index < -0.39 is 0 Å². The highest BCUT2D eigenvalue weighted by molar-refractivity contribution is 5.94. The van der Waals surface area contributed by atoms with E-state index >= 15 is 0 Å². The number of carbonyl (C=O) groups excluding carboxylic acids is 2. The van der Waals surface area contributed by atoms with Crippen LogP contribution in [-0.2, 0) is 4.79 Å². The third kappa shape index (κ3) is 6.60. The van der Waals surface area contributed by atoms with Crippen LogP contribution in [0.3, 0.4) is 0 Å². The van der Waals surface area contributed by atoms with Crippen LogP contribution in [0.1, 0.15) is 43.0 Å².